The van der Waals surface area contributed by atoms with E-state index in [0.29, 0.717) is 16.5 Å². The number of halogens is 1. The first-order valence-corrected chi connectivity index (χ1v) is 6.18. The predicted octanol–water partition coefficient (Wildman–Crippen LogP) is 2.42. The highest BCUT2D eigenvalue weighted by atomic mass is 35.5. The van der Waals surface area contributed by atoms with Crippen LogP contribution in [0.3, 0.4) is 0 Å². The van der Waals surface area contributed by atoms with E-state index in [1.54, 1.807) is 12.1 Å². The van der Waals surface area contributed by atoms with Gasteiger partial charge in [-0.15, -0.1) is 0 Å². The lowest BCUT2D eigenvalue weighted by Gasteiger charge is -2.34. The van der Waals surface area contributed by atoms with Crippen molar-refractivity contribution in [3.05, 3.63) is 28.8 Å². The molecule has 1 aromatic rings. The number of hydrogen-bond donors (Lipinski definition) is 1. The van der Waals surface area contributed by atoms with Crippen molar-refractivity contribution in [1.82, 2.24) is 0 Å². The summed E-state index contributed by atoms with van der Waals surface area (Å²) in [4.78, 5) is 2.15. The molecule has 1 saturated heterocycles. The first-order chi connectivity index (χ1) is 8.24. The van der Waals surface area contributed by atoms with Crippen LogP contribution in [0, 0.1) is 17.2 Å². The minimum Gasteiger partial charge on any atom is -0.396 e. The van der Waals surface area contributed by atoms with Crippen molar-refractivity contribution >= 4 is 17.3 Å². The van der Waals surface area contributed by atoms with Crippen LogP contribution in [0.4, 0.5) is 5.69 Å². The van der Waals surface area contributed by atoms with Crippen molar-refractivity contribution in [3.63, 3.8) is 0 Å². The molecule has 90 valence electrons. The molecule has 0 aliphatic carbocycles. The Bertz CT molecular complexity index is 442. The number of aliphatic hydroxyl groups excluding tert-OH is 1. The molecule has 1 aliphatic heterocycles. The van der Waals surface area contributed by atoms with Gasteiger partial charge in [0.2, 0.25) is 0 Å². The zero-order chi connectivity index (χ0) is 12.3. The second-order valence-electron chi connectivity index (χ2n) is 4.41. The Hall–Kier alpha value is -1.24. The number of hydrogen-bond acceptors (Lipinski definition) is 3. The summed E-state index contributed by atoms with van der Waals surface area (Å²) in [6.07, 6.45) is 2.10. The molecule has 1 unspecified atom stereocenters. The third-order valence-corrected chi connectivity index (χ3v) is 3.43. The zero-order valence-electron chi connectivity index (χ0n) is 9.56. The van der Waals surface area contributed by atoms with Gasteiger partial charge < -0.3 is 10.0 Å². The van der Waals surface area contributed by atoms with Crippen LogP contribution in [0.25, 0.3) is 0 Å². The Morgan fingerprint density at radius 1 is 1.53 bits per heavy atom. The standard InChI is InChI=1S/C13H15ClN2O/c14-12-4-3-11(7-15)13(6-12)16-5-1-2-10(8-16)9-17/h3-4,6,10,17H,1-2,5,8-9H2. The summed E-state index contributed by atoms with van der Waals surface area (Å²) in [7, 11) is 0. The van der Waals surface area contributed by atoms with E-state index in [4.69, 9.17) is 16.9 Å². The van der Waals surface area contributed by atoms with Crippen LogP contribution in [0.2, 0.25) is 5.02 Å². The van der Waals surface area contributed by atoms with Gasteiger partial charge >= 0.3 is 0 Å². The number of aliphatic hydroxyl groups is 1. The second kappa shape index (κ2) is 5.39. The Labute approximate surface area is 106 Å². The molecular formula is C13H15ClN2O. The second-order valence-corrected chi connectivity index (χ2v) is 4.85. The van der Waals surface area contributed by atoms with Crippen LogP contribution in [0.1, 0.15) is 18.4 Å². The summed E-state index contributed by atoms with van der Waals surface area (Å²) < 4.78 is 0. The zero-order valence-corrected chi connectivity index (χ0v) is 10.3. The summed E-state index contributed by atoms with van der Waals surface area (Å²) in [6, 6.07) is 7.51. The maximum Gasteiger partial charge on any atom is 0.101 e. The highest BCUT2D eigenvalue weighted by Gasteiger charge is 2.21. The van der Waals surface area contributed by atoms with Gasteiger partial charge in [-0.3, -0.25) is 0 Å². The van der Waals surface area contributed by atoms with Crippen LogP contribution in [-0.2, 0) is 0 Å². The molecule has 1 heterocycles. The van der Waals surface area contributed by atoms with E-state index in [1.165, 1.54) is 0 Å². The fourth-order valence-corrected chi connectivity index (χ4v) is 2.46. The van der Waals surface area contributed by atoms with Crippen molar-refractivity contribution in [2.45, 2.75) is 12.8 Å². The molecule has 17 heavy (non-hydrogen) atoms. The molecule has 1 N–H and O–H groups in total. The van der Waals surface area contributed by atoms with E-state index < -0.39 is 0 Å². The van der Waals surface area contributed by atoms with Gasteiger partial charge in [0, 0.05) is 24.7 Å². The highest BCUT2D eigenvalue weighted by molar-refractivity contribution is 6.30. The lowest BCUT2D eigenvalue weighted by molar-refractivity contribution is 0.208. The summed E-state index contributed by atoms with van der Waals surface area (Å²) >= 11 is 5.98. The summed E-state index contributed by atoms with van der Waals surface area (Å²) in [5.41, 5.74) is 1.53. The van der Waals surface area contributed by atoms with Crippen LogP contribution >= 0.6 is 11.6 Å². The summed E-state index contributed by atoms with van der Waals surface area (Å²) in [6.45, 7) is 1.93. The lowest BCUT2D eigenvalue weighted by Crippen LogP contribution is -2.37. The van der Waals surface area contributed by atoms with Gasteiger partial charge in [0.15, 0.2) is 0 Å². The van der Waals surface area contributed by atoms with E-state index in [9.17, 15) is 5.11 Å². The van der Waals surface area contributed by atoms with Crippen LogP contribution < -0.4 is 4.90 Å². The highest BCUT2D eigenvalue weighted by Crippen LogP contribution is 2.28. The smallest absolute Gasteiger partial charge is 0.101 e. The molecule has 1 aliphatic rings. The number of rotatable bonds is 2. The largest absolute Gasteiger partial charge is 0.396 e. The average molecular weight is 251 g/mol. The van der Waals surface area contributed by atoms with Crippen LogP contribution in [-0.4, -0.2) is 24.8 Å². The fraction of sp³-hybridized carbons (Fsp3) is 0.462. The molecule has 0 radical (unpaired) electrons. The third kappa shape index (κ3) is 2.71. The van der Waals surface area contributed by atoms with Crippen LogP contribution in [0.5, 0.6) is 0 Å². The van der Waals surface area contributed by atoms with Gasteiger partial charge in [0.05, 0.1) is 11.3 Å². The number of piperidine rings is 1. The Balaban J connectivity index is 2.27. The van der Waals surface area contributed by atoms with E-state index in [2.05, 4.69) is 11.0 Å². The van der Waals surface area contributed by atoms with Crippen molar-refractivity contribution in [1.29, 1.82) is 5.26 Å². The maximum atomic E-state index is 9.22. The van der Waals surface area contributed by atoms with Crippen molar-refractivity contribution in [3.8, 4) is 6.07 Å². The normalized spacial score (nSPS) is 20.1. The molecule has 0 amide bonds. The van der Waals surface area contributed by atoms with E-state index in [0.717, 1.165) is 31.6 Å². The van der Waals surface area contributed by atoms with Crippen LogP contribution in [0.15, 0.2) is 18.2 Å². The van der Waals surface area contributed by atoms with Gasteiger partial charge in [-0.1, -0.05) is 11.6 Å². The molecule has 1 atom stereocenters. The maximum absolute atomic E-state index is 9.22. The number of benzene rings is 1. The fourth-order valence-electron chi connectivity index (χ4n) is 2.29. The van der Waals surface area contributed by atoms with Crippen molar-refractivity contribution in [2.24, 2.45) is 5.92 Å². The summed E-state index contributed by atoms with van der Waals surface area (Å²) in [5, 5.41) is 19.0. The minimum atomic E-state index is 0.207. The molecular weight excluding hydrogens is 236 g/mol. The van der Waals surface area contributed by atoms with Gasteiger partial charge in [-0.2, -0.15) is 5.26 Å². The van der Waals surface area contributed by atoms with E-state index in [-0.39, 0.29) is 6.61 Å². The molecule has 2 rings (SSSR count). The molecule has 0 aromatic heterocycles. The number of nitrogens with zero attached hydrogens (tertiary/aromatic N) is 2. The molecule has 1 aromatic carbocycles. The first kappa shape index (κ1) is 12.2. The van der Waals surface area contributed by atoms with Crippen molar-refractivity contribution in [2.75, 3.05) is 24.6 Å². The Morgan fingerprint density at radius 3 is 3.06 bits per heavy atom. The van der Waals surface area contributed by atoms with E-state index >= 15 is 0 Å². The van der Waals surface area contributed by atoms with Gasteiger partial charge in [0.25, 0.3) is 0 Å². The van der Waals surface area contributed by atoms with Crippen molar-refractivity contribution < 1.29 is 5.11 Å². The average Bonchev–Trinajstić information content (AvgIpc) is 2.39. The predicted molar refractivity (Wildman–Crippen MR) is 68.2 cm³/mol. The monoisotopic (exact) mass is 250 g/mol. The van der Waals surface area contributed by atoms with Gasteiger partial charge in [-0.05, 0) is 37.0 Å². The lowest BCUT2D eigenvalue weighted by atomic mass is 9.98. The molecule has 0 bridgehead atoms. The molecule has 1 fully saturated rings. The quantitative estimate of drug-likeness (QED) is 0.877. The Kier molecular flexibility index (Phi) is 3.88. The molecule has 0 saturated carbocycles. The summed E-state index contributed by atoms with van der Waals surface area (Å²) in [5.74, 6) is 0.300. The molecule has 3 nitrogen and oxygen atoms in total. The topological polar surface area (TPSA) is 47.3 Å². The van der Waals surface area contributed by atoms with E-state index in [1.807, 2.05) is 6.07 Å². The first-order valence-electron chi connectivity index (χ1n) is 5.80. The van der Waals surface area contributed by atoms with Gasteiger partial charge in [0.1, 0.15) is 6.07 Å². The molecule has 0 spiro atoms. The number of anilines is 1. The SMILES string of the molecule is N#Cc1ccc(Cl)cc1N1CCCC(CO)C1. The molecule has 4 heteroatoms. The minimum absolute atomic E-state index is 0.207. The third-order valence-electron chi connectivity index (χ3n) is 3.20. The number of nitriles is 1. The van der Waals surface area contributed by atoms with Gasteiger partial charge in [-0.25, -0.2) is 0 Å². The Morgan fingerprint density at radius 2 is 2.35 bits per heavy atom.